The topological polar surface area (TPSA) is 17.1 Å². The maximum atomic E-state index is 14.1. The molecular formula is C20H20F6O. The predicted molar refractivity (Wildman–Crippen MR) is 88.8 cm³/mol. The zero-order valence-corrected chi connectivity index (χ0v) is 14.6. The van der Waals surface area contributed by atoms with Crippen LogP contribution in [0.15, 0.2) is 35.9 Å². The molecule has 0 amide bonds. The summed E-state index contributed by atoms with van der Waals surface area (Å²) in [6.07, 6.45) is 4.97. The normalized spacial score (nSPS) is 19.0. The van der Waals surface area contributed by atoms with Gasteiger partial charge in [-0.3, -0.25) is 4.79 Å². The van der Waals surface area contributed by atoms with Gasteiger partial charge in [-0.15, -0.1) is 0 Å². The third-order valence-corrected chi connectivity index (χ3v) is 5.33. The molecule has 0 N–H and O–H groups in total. The summed E-state index contributed by atoms with van der Waals surface area (Å²) in [7, 11) is 0. The fourth-order valence-corrected chi connectivity index (χ4v) is 3.51. The molecule has 0 saturated heterocycles. The molecule has 1 saturated carbocycles. The summed E-state index contributed by atoms with van der Waals surface area (Å²) in [4.78, 5) is 12.0. The number of ketones is 1. The summed E-state index contributed by atoms with van der Waals surface area (Å²) in [5.74, 6) is -18.3. The fraction of sp³-hybridized carbons (Fsp3) is 0.550. The van der Waals surface area contributed by atoms with E-state index in [0.717, 1.165) is 49.8 Å². The Morgan fingerprint density at radius 1 is 0.926 bits per heavy atom. The minimum atomic E-state index is -5.78. The number of hydrogen-bond acceptors (Lipinski definition) is 1. The lowest BCUT2D eigenvalue weighted by molar-refractivity contribution is -0.288. The molecule has 1 fully saturated rings. The largest absolute Gasteiger partial charge is 0.380 e. The maximum Gasteiger partial charge on any atom is 0.380 e. The number of rotatable bonds is 7. The maximum absolute atomic E-state index is 14.1. The van der Waals surface area contributed by atoms with Crippen molar-refractivity contribution in [1.82, 2.24) is 0 Å². The number of allylic oxidation sites excluding steroid dienone is 2. The number of carbonyl (C=O) groups excluding carboxylic acids is 1. The molecule has 0 atom stereocenters. The van der Waals surface area contributed by atoms with Crippen molar-refractivity contribution in [3.8, 4) is 0 Å². The van der Waals surface area contributed by atoms with E-state index in [1.165, 1.54) is 18.2 Å². The summed E-state index contributed by atoms with van der Waals surface area (Å²) in [6.45, 7) is 0. The lowest BCUT2D eigenvalue weighted by Gasteiger charge is -2.31. The standard InChI is InChI=1S/C20H20F6O/c21-18(22,12-13-6-7-13)20(25,26)19(23,24)17(27)16-10-8-15(9-11-16)14-4-2-1-3-5-14/h6,8-11,14H,1-5,7,12H2. The van der Waals surface area contributed by atoms with Crippen LogP contribution in [0.25, 0.3) is 0 Å². The minimum absolute atomic E-state index is 0.0141. The highest BCUT2D eigenvalue weighted by Gasteiger charge is 2.74. The van der Waals surface area contributed by atoms with Crippen molar-refractivity contribution < 1.29 is 31.1 Å². The highest BCUT2D eigenvalue weighted by molar-refractivity contribution is 6.02. The molecule has 148 valence electrons. The Morgan fingerprint density at radius 2 is 1.48 bits per heavy atom. The second-order valence-corrected chi connectivity index (χ2v) is 7.38. The van der Waals surface area contributed by atoms with Crippen molar-refractivity contribution in [1.29, 1.82) is 0 Å². The lowest BCUT2D eigenvalue weighted by atomic mass is 9.83. The van der Waals surface area contributed by atoms with Crippen LogP contribution in [0.1, 0.15) is 66.8 Å². The third-order valence-electron chi connectivity index (χ3n) is 5.33. The second-order valence-electron chi connectivity index (χ2n) is 7.38. The third kappa shape index (κ3) is 3.78. The summed E-state index contributed by atoms with van der Waals surface area (Å²) >= 11 is 0. The Balaban J connectivity index is 1.79. The van der Waals surface area contributed by atoms with Gasteiger partial charge in [0.2, 0.25) is 5.78 Å². The molecule has 0 radical (unpaired) electrons. The minimum Gasteiger partial charge on any atom is -0.287 e. The first kappa shape index (κ1) is 20.0. The molecule has 0 heterocycles. The molecule has 3 rings (SSSR count). The Hall–Kier alpha value is -1.79. The first-order valence-electron chi connectivity index (χ1n) is 9.02. The lowest BCUT2D eigenvalue weighted by Crippen LogP contribution is -2.57. The molecule has 0 aromatic heterocycles. The summed E-state index contributed by atoms with van der Waals surface area (Å²) in [6, 6.07) is 4.95. The SMILES string of the molecule is O=C(c1ccc(C2CCCCC2)cc1)C(F)(F)C(F)(F)C(F)(F)CC1=CC1. The number of benzene rings is 1. The van der Waals surface area contributed by atoms with Gasteiger partial charge in [0.1, 0.15) is 0 Å². The number of halogens is 6. The molecule has 2 aliphatic carbocycles. The quantitative estimate of drug-likeness (QED) is 0.293. The van der Waals surface area contributed by atoms with E-state index in [-0.39, 0.29) is 17.9 Å². The molecule has 0 spiro atoms. The summed E-state index contributed by atoms with van der Waals surface area (Å²) in [5.41, 5.74) is 0.132. The Labute approximate surface area is 153 Å². The predicted octanol–water partition coefficient (Wildman–Crippen LogP) is 6.54. The van der Waals surface area contributed by atoms with E-state index in [2.05, 4.69) is 0 Å². The van der Waals surface area contributed by atoms with Crippen molar-refractivity contribution in [3.63, 3.8) is 0 Å². The molecule has 7 heteroatoms. The van der Waals surface area contributed by atoms with E-state index in [1.807, 2.05) is 0 Å². The van der Waals surface area contributed by atoms with Crippen LogP contribution in [0.5, 0.6) is 0 Å². The molecular weight excluding hydrogens is 370 g/mol. The van der Waals surface area contributed by atoms with Gasteiger partial charge in [-0.2, -0.15) is 26.3 Å². The molecule has 1 aromatic rings. The van der Waals surface area contributed by atoms with E-state index in [0.29, 0.717) is 0 Å². The number of hydrogen-bond donors (Lipinski definition) is 0. The monoisotopic (exact) mass is 390 g/mol. The van der Waals surface area contributed by atoms with Crippen LogP contribution >= 0.6 is 0 Å². The van der Waals surface area contributed by atoms with Gasteiger partial charge >= 0.3 is 17.8 Å². The van der Waals surface area contributed by atoms with Crippen LogP contribution in [0.2, 0.25) is 0 Å². The molecule has 1 aromatic carbocycles. The van der Waals surface area contributed by atoms with Gasteiger partial charge in [0.15, 0.2) is 0 Å². The van der Waals surface area contributed by atoms with Crippen LogP contribution in [-0.4, -0.2) is 23.6 Å². The van der Waals surface area contributed by atoms with Gasteiger partial charge < -0.3 is 0 Å². The molecule has 27 heavy (non-hydrogen) atoms. The Bertz CT molecular complexity index is 729. The fourth-order valence-electron chi connectivity index (χ4n) is 3.51. The molecule has 0 bridgehead atoms. The van der Waals surface area contributed by atoms with Crippen molar-refractivity contribution in [3.05, 3.63) is 47.0 Å². The average molecular weight is 390 g/mol. The summed E-state index contributed by atoms with van der Waals surface area (Å²) < 4.78 is 83.6. The first-order chi connectivity index (χ1) is 12.6. The van der Waals surface area contributed by atoms with Gasteiger partial charge in [-0.05, 0) is 30.7 Å². The van der Waals surface area contributed by atoms with Crippen molar-refractivity contribution in [2.24, 2.45) is 0 Å². The number of carbonyl (C=O) groups is 1. The van der Waals surface area contributed by atoms with Crippen LogP contribution in [0.4, 0.5) is 26.3 Å². The van der Waals surface area contributed by atoms with E-state index in [9.17, 15) is 31.1 Å². The van der Waals surface area contributed by atoms with E-state index < -0.39 is 35.5 Å². The van der Waals surface area contributed by atoms with Crippen molar-refractivity contribution in [2.45, 2.75) is 68.6 Å². The van der Waals surface area contributed by atoms with E-state index in [1.54, 1.807) is 0 Å². The highest BCUT2D eigenvalue weighted by Crippen LogP contribution is 2.51. The average Bonchev–Trinajstić information content (AvgIpc) is 3.45. The van der Waals surface area contributed by atoms with Crippen LogP contribution in [0.3, 0.4) is 0 Å². The first-order valence-corrected chi connectivity index (χ1v) is 9.02. The zero-order chi connectivity index (χ0) is 19.9. The van der Waals surface area contributed by atoms with Crippen molar-refractivity contribution in [2.75, 3.05) is 0 Å². The molecule has 0 aliphatic heterocycles. The smallest absolute Gasteiger partial charge is 0.287 e. The van der Waals surface area contributed by atoms with Gasteiger partial charge in [-0.25, -0.2) is 0 Å². The van der Waals surface area contributed by atoms with E-state index in [4.69, 9.17) is 0 Å². The zero-order valence-electron chi connectivity index (χ0n) is 14.6. The van der Waals surface area contributed by atoms with Crippen molar-refractivity contribution >= 4 is 5.78 Å². The molecule has 2 aliphatic rings. The summed E-state index contributed by atoms with van der Waals surface area (Å²) in [5, 5.41) is 0. The van der Waals surface area contributed by atoms with Crippen LogP contribution in [0, 0.1) is 0 Å². The number of Topliss-reactive ketones (excluding diaryl/α,β-unsaturated/α-hetero) is 1. The number of alkyl halides is 6. The van der Waals surface area contributed by atoms with Crippen LogP contribution < -0.4 is 0 Å². The molecule has 1 nitrogen and oxygen atoms in total. The van der Waals surface area contributed by atoms with Gasteiger partial charge in [0, 0.05) is 12.0 Å². The van der Waals surface area contributed by atoms with Gasteiger partial charge in [0.05, 0.1) is 0 Å². The molecule has 0 unspecified atom stereocenters. The Morgan fingerprint density at radius 3 is 2.00 bits per heavy atom. The Kier molecular flexibility index (Phi) is 5.16. The second kappa shape index (κ2) is 6.99. The van der Waals surface area contributed by atoms with E-state index >= 15 is 0 Å². The van der Waals surface area contributed by atoms with Gasteiger partial charge in [0.25, 0.3) is 0 Å². The van der Waals surface area contributed by atoms with Crippen LogP contribution in [-0.2, 0) is 0 Å². The highest BCUT2D eigenvalue weighted by atomic mass is 19.3. The van der Waals surface area contributed by atoms with Gasteiger partial charge in [-0.1, -0.05) is 55.2 Å².